The van der Waals surface area contributed by atoms with E-state index in [9.17, 15) is 9.90 Å². The molecule has 0 aliphatic carbocycles. The fraction of sp³-hybridized carbons (Fsp3) is 0.286. The van der Waals surface area contributed by atoms with E-state index in [0.717, 1.165) is 11.3 Å². The Morgan fingerprint density at radius 3 is 2.74 bits per heavy atom. The first-order chi connectivity index (χ1) is 9.01. The second-order valence-corrected chi connectivity index (χ2v) is 4.46. The number of rotatable bonds is 3. The number of aromatic hydroxyl groups is 1. The molecule has 0 bridgehead atoms. The van der Waals surface area contributed by atoms with Crippen LogP contribution in [0.5, 0.6) is 5.75 Å². The van der Waals surface area contributed by atoms with Gasteiger partial charge in [-0.05, 0) is 44.5 Å². The van der Waals surface area contributed by atoms with E-state index < -0.39 is 0 Å². The van der Waals surface area contributed by atoms with E-state index in [0.29, 0.717) is 17.9 Å². The van der Waals surface area contributed by atoms with Crippen LogP contribution < -0.4 is 5.32 Å². The summed E-state index contributed by atoms with van der Waals surface area (Å²) >= 11 is 0. The van der Waals surface area contributed by atoms with Gasteiger partial charge in [-0.1, -0.05) is 6.07 Å². The van der Waals surface area contributed by atoms with E-state index in [1.54, 1.807) is 22.9 Å². The third-order valence-corrected chi connectivity index (χ3v) is 2.84. The Balaban J connectivity index is 2.25. The quantitative estimate of drug-likeness (QED) is 0.832. The Morgan fingerprint density at radius 1 is 1.37 bits per heavy atom. The lowest BCUT2D eigenvalue weighted by molar-refractivity contribution is 0.101. The van der Waals surface area contributed by atoms with E-state index >= 15 is 0 Å². The summed E-state index contributed by atoms with van der Waals surface area (Å²) in [5.41, 5.74) is 2.61. The van der Waals surface area contributed by atoms with Crippen LogP contribution in [0.15, 0.2) is 24.3 Å². The first kappa shape index (κ1) is 13.1. The average Bonchev–Trinajstić information content (AvgIpc) is 2.74. The van der Waals surface area contributed by atoms with Crippen LogP contribution in [0.4, 0.5) is 5.69 Å². The highest BCUT2D eigenvalue weighted by molar-refractivity contribution is 6.03. The van der Waals surface area contributed by atoms with Crippen molar-refractivity contribution in [2.24, 2.45) is 0 Å². The Bertz CT molecular complexity index is 617. The van der Waals surface area contributed by atoms with Crippen molar-refractivity contribution < 1.29 is 9.90 Å². The standard InChI is InChI=1S/C14H17N3O2/c1-4-17-12(8-10(3)16-17)14(19)15-11-6-5-9(2)7-13(11)18/h5-8,18H,4H2,1-3H3,(H,15,19). The Hall–Kier alpha value is -2.30. The molecule has 2 rings (SSSR count). The van der Waals surface area contributed by atoms with Gasteiger partial charge in [0, 0.05) is 6.54 Å². The van der Waals surface area contributed by atoms with Crippen molar-refractivity contribution in [1.29, 1.82) is 0 Å². The van der Waals surface area contributed by atoms with Gasteiger partial charge in [-0.2, -0.15) is 5.10 Å². The molecule has 1 aromatic heterocycles. The summed E-state index contributed by atoms with van der Waals surface area (Å²) in [5.74, 6) is -0.214. The summed E-state index contributed by atoms with van der Waals surface area (Å²) in [7, 11) is 0. The summed E-state index contributed by atoms with van der Waals surface area (Å²) in [6, 6.07) is 6.85. The lowest BCUT2D eigenvalue weighted by Gasteiger charge is -2.08. The van der Waals surface area contributed by atoms with Crippen molar-refractivity contribution in [2.45, 2.75) is 27.3 Å². The molecule has 0 aliphatic rings. The minimum Gasteiger partial charge on any atom is -0.506 e. The molecule has 0 atom stereocenters. The first-order valence-corrected chi connectivity index (χ1v) is 6.16. The molecule has 0 saturated heterocycles. The van der Waals surface area contributed by atoms with Crippen LogP contribution in [0.1, 0.15) is 28.7 Å². The molecule has 5 heteroatoms. The molecule has 2 N–H and O–H groups in total. The number of carbonyl (C=O) groups excluding carboxylic acids is 1. The highest BCUT2D eigenvalue weighted by Gasteiger charge is 2.14. The number of amides is 1. The largest absolute Gasteiger partial charge is 0.506 e. The van der Waals surface area contributed by atoms with Gasteiger partial charge in [0.2, 0.25) is 0 Å². The van der Waals surface area contributed by atoms with E-state index in [2.05, 4.69) is 10.4 Å². The molecular formula is C14H17N3O2. The van der Waals surface area contributed by atoms with Gasteiger partial charge in [0.25, 0.3) is 5.91 Å². The summed E-state index contributed by atoms with van der Waals surface area (Å²) in [5, 5.41) is 16.7. The number of phenolic OH excluding ortho intramolecular Hbond substituents is 1. The first-order valence-electron chi connectivity index (χ1n) is 6.16. The van der Waals surface area contributed by atoms with Crippen molar-refractivity contribution in [1.82, 2.24) is 9.78 Å². The SMILES string of the molecule is CCn1nc(C)cc1C(=O)Nc1ccc(C)cc1O. The summed E-state index contributed by atoms with van der Waals surface area (Å²) in [4.78, 5) is 12.2. The van der Waals surface area contributed by atoms with Gasteiger partial charge in [0.15, 0.2) is 0 Å². The van der Waals surface area contributed by atoms with Crippen LogP contribution in [-0.2, 0) is 6.54 Å². The minimum atomic E-state index is -0.276. The van der Waals surface area contributed by atoms with Gasteiger partial charge in [-0.25, -0.2) is 0 Å². The lowest BCUT2D eigenvalue weighted by atomic mass is 10.2. The van der Waals surface area contributed by atoms with E-state index in [4.69, 9.17) is 0 Å². The Morgan fingerprint density at radius 2 is 2.11 bits per heavy atom. The van der Waals surface area contributed by atoms with Crippen LogP contribution in [-0.4, -0.2) is 20.8 Å². The van der Waals surface area contributed by atoms with Crippen molar-refractivity contribution in [2.75, 3.05) is 5.32 Å². The molecular weight excluding hydrogens is 242 g/mol. The number of carbonyl (C=O) groups is 1. The van der Waals surface area contributed by atoms with Gasteiger partial charge < -0.3 is 10.4 Å². The molecule has 1 heterocycles. The average molecular weight is 259 g/mol. The maximum atomic E-state index is 12.2. The Labute approximate surface area is 111 Å². The Kier molecular flexibility index (Phi) is 3.55. The van der Waals surface area contributed by atoms with Crippen LogP contribution >= 0.6 is 0 Å². The zero-order valence-electron chi connectivity index (χ0n) is 11.3. The number of aromatic nitrogens is 2. The monoisotopic (exact) mass is 259 g/mol. The van der Waals surface area contributed by atoms with Crippen LogP contribution in [0.25, 0.3) is 0 Å². The predicted octanol–water partition coefficient (Wildman–Crippen LogP) is 2.48. The topological polar surface area (TPSA) is 67.2 Å². The zero-order chi connectivity index (χ0) is 14.0. The maximum Gasteiger partial charge on any atom is 0.274 e. The van der Waals surface area contributed by atoms with E-state index in [-0.39, 0.29) is 11.7 Å². The fourth-order valence-electron chi connectivity index (χ4n) is 1.90. The van der Waals surface area contributed by atoms with Gasteiger partial charge in [0.1, 0.15) is 11.4 Å². The number of nitrogens with zero attached hydrogens (tertiary/aromatic N) is 2. The number of anilines is 1. The predicted molar refractivity (Wildman–Crippen MR) is 73.4 cm³/mol. The van der Waals surface area contributed by atoms with Crippen molar-refractivity contribution >= 4 is 11.6 Å². The molecule has 5 nitrogen and oxygen atoms in total. The third-order valence-electron chi connectivity index (χ3n) is 2.84. The molecule has 0 fully saturated rings. The summed E-state index contributed by atoms with van der Waals surface area (Å²) in [6.07, 6.45) is 0. The molecule has 0 spiro atoms. The number of phenols is 1. The van der Waals surface area contributed by atoms with Gasteiger partial charge in [0.05, 0.1) is 11.4 Å². The second-order valence-electron chi connectivity index (χ2n) is 4.46. The third kappa shape index (κ3) is 2.76. The summed E-state index contributed by atoms with van der Waals surface area (Å²) in [6.45, 7) is 6.26. The highest BCUT2D eigenvalue weighted by Crippen LogP contribution is 2.24. The molecule has 0 radical (unpaired) electrons. The number of nitrogens with one attached hydrogen (secondary N) is 1. The van der Waals surface area contributed by atoms with Gasteiger partial charge in [-0.3, -0.25) is 9.48 Å². The fourth-order valence-corrected chi connectivity index (χ4v) is 1.90. The van der Waals surface area contributed by atoms with Crippen molar-refractivity contribution in [3.8, 4) is 5.75 Å². The van der Waals surface area contributed by atoms with Gasteiger partial charge >= 0.3 is 0 Å². The molecule has 1 aromatic carbocycles. The lowest BCUT2D eigenvalue weighted by Crippen LogP contribution is -2.17. The highest BCUT2D eigenvalue weighted by atomic mass is 16.3. The van der Waals surface area contributed by atoms with Gasteiger partial charge in [-0.15, -0.1) is 0 Å². The number of hydrogen-bond acceptors (Lipinski definition) is 3. The van der Waals surface area contributed by atoms with Crippen molar-refractivity contribution in [3.05, 3.63) is 41.2 Å². The van der Waals surface area contributed by atoms with E-state index in [1.165, 1.54) is 0 Å². The molecule has 0 unspecified atom stereocenters. The number of aryl methyl sites for hydroxylation is 3. The molecule has 19 heavy (non-hydrogen) atoms. The molecule has 100 valence electrons. The van der Waals surface area contributed by atoms with E-state index in [1.807, 2.05) is 26.8 Å². The molecule has 1 amide bonds. The number of hydrogen-bond donors (Lipinski definition) is 2. The number of benzene rings is 1. The van der Waals surface area contributed by atoms with Crippen LogP contribution in [0.2, 0.25) is 0 Å². The molecule has 0 saturated carbocycles. The molecule has 2 aromatic rings. The maximum absolute atomic E-state index is 12.2. The van der Waals surface area contributed by atoms with Crippen molar-refractivity contribution in [3.63, 3.8) is 0 Å². The van der Waals surface area contributed by atoms with Crippen LogP contribution in [0.3, 0.4) is 0 Å². The minimum absolute atomic E-state index is 0.0626. The zero-order valence-corrected chi connectivity index (χ0v) is 11.3. The smallest absolute Gasteiger partial charge is 0.274 e. The second kappa shape index (κ2) is 5.14. The molecule has 0 aliphatic heterocycles. The van der Waals surface area contributed by atoms with Crippen LogP contribution in [0, 0.1) is 13.8 Å². The summed E-state index contributed by atoms with van der Waals surface area (Å²) < 4.78 is 1.63. The normalized spacial score (nSPS) is 10.5.